The molecule has 2 aromatic heterocycles. The molecule has 1 N–H and O–H groups in total. The van der Waals surface area contributed by atoms with E-state index >= 15 is 0 Å². The number of oxazole rings is 1. The van der Waals surface area contributed by atoms with Gasteiger partial charge in [-0.2, -0.15) is 0 Å². The fourth-order valence-electron chi connectivity index (χ4n) is 3.67. The number of piperidine rings is 1. The molecule has 4 rings (SSSR count). The summed E-state index contributed by atoms with van der Waals surface area (Å²) >= 11 is 0. The van der Waals surface area contributed by atoms with Gasteiger partial charge in [-0.05, 0) is 25.7 Å². The van der Waals surface area contributed by atoms with Gasteiger partial charge >= 0.3 is 0 Å². The molecule has 6 heteroatoms. The molecule has 0 saturated carbocycles. The number of aromatic amines is 1. The molecule has 1 amide bonds. The summed E-state index contributed by atoms with van der Waals surface area (Å²) < 4.78 is 5.83. The van der Waals surface area contributed by atoms with Crippen molar-refractivity contribution in [2.45, 2.75) is 44.6 Å². The molecule has 0 unspecified atom stereocenters. The second kappa shape index (κ2) is 8.20. The standard InChI is InChI=1S/C21H24N4O2/c26-20(25-14-5-4-9-17(25)21-22-12-13-23-21)11-6-10-19-24-15-18(27-19)16-7-2-1-3-8-16/h1-3,7-8,12-13,15,17H,4-6,9-11,14H2,(H,22,23)/t17-/m0/s1. The maximum Gasteiger partial charge on any atom is 0.223 e. The Morgan fingerprint density at radius 1 is 1.22 bits per heavy atom. The molecule has 1 aromatic carbocycles. The summed E-state index contributed by atoms with van der Waals surface area (Å²) in [7, 11) is 0. The molecule has 0 radical (unpaired) electrons. The van der Waals surface area contributed by atoms with Crippen molar-refractivity contribution in [2.75, 3.05) is 6.54 Å². The van der Waals surface area contributed by atoms with Crippen LogP contribution in [0.15, 0.2) is 53.3 Å². The molecule has 140 valence electrons. The zero-order valence-corrected chi connectivity index (χ0v) is 15.3. The van der Waals surface area contributed by atoms with Gasteiger partial charge in [0.05, 0.1) is 12.2 Å². The molecule has 1 atom stereocenters. The molecule has 3 heterocycles. The second-order valence-electron chi connectivity index (χ2n) is 6.91. The quantitative estimate of drug-likeness (QED) is 0.713. The van der Waals surface area contributed by atoms with Gasteiger partial charge in [0.2, 0.25) is 5.91 Å². The Morgan fingerprint density at radius 2 is 2.11 bits per heavy atom. The first kappa shape index (κ1) is 17.5. The average molecular weight is 364 g/mol. The number of aromatic nitrogens is 3. The SMILES string of the molecule is O=C(CCCc1ncc(-c2ccccc2)o1)N1CCCC[C@H]1c1ncc[nH]1. The third kappa shape index (κ3) is 4.10. The summed E-state index contributed by atoms with van der Waals surface area (Å²) in [6.45, 7) is 0.807. The number of carbonyl (C=O) groups excluding carboxylic acids is 1. The fraction of sp³-hybridized carbons (Fsp3) is 0.381. The minimum Gasteiger partial charge on any atom is -0.441 e. The van der Waals surface area contributed by atoms with Crippen LogP contribution in [0.3, 0.4) is 0 Å². The van der Waals surface area contributed by atoms with E-state index in [1.165, 1.54) is 0 Å². The Bertz CT molecular complexity index is 857. The van der Waals surface area contributed by atoms with E-state index in [0.29, 0.717) is 18.7 Å². The molecule has 1 aliphatic rings. The van der Waals surface area contributed by atoms with Gasteiger partial charge in [-0.25, -0.2) is 9.97 Å². The lowest BCUT2D eigenvalue weighted by Gasteiger charge is -2.34. The third-order valence-corrected chi connectivity index (χ3v) is 5.05. The van der Waals surface area contributed by atoms with E-state index in [1.54, 1.807) is 12.4 Å². The number of H-pyrrole nitrogens is 1. The smallest absolute Gasteiger partial charge is 0.223 e. The fourth-order valence-corrected chi connectivity index (χ4v) is 3.67. The highest BCUT2D eigenvalue weighted by Gasteiger charge is 2.29. The van der Waals surface area contributed by atoms with Gasteiger partial charge in [0.1, 0.15) is 5.82 Å². The summed E-state index contributed by atoms with van der Waals surface area (Å²) in [5, 5.41) is 0. The van der Waals surface area contributed by atoms with Gasteiger partial charge in [-0.3, -0.25) is 4.79 Å². The molecule has 0 bridgehead atoms. The molecule has 6 nitrogen and oxygen atoms in total. The second-order valence-corrected chi connectivity index (χ2v) is 6.91. The number of nitrogens with zero attached hydrogens (tertiary/aromatic N) is 3. The minimum absolute atomic E-state index is 0.0765. The van der Waals surface area contributed by atoms with Crippen LogP contribution in [0.2, 0.25) is 0 Å². The van der Waals surface area contributed by atoms with E-state index in [9.17, 15) is 4.79 Å². The van der Waals surface area contributed by atoms with Crippen LogP contribution in [0, 0.1) is 0 Å². The van der Waals surface area contributed by atoms with Crippen molar-refractivity contribution in [1.29, 1.82) is 0 Å². The monoisotopic (exact) mass is 364 g/mol. The van der Waals surface area contributed by atoms with Gasteiger partial charge in [0.25, 0.3) is 0 Å². The number of carbonyl (C=O) groups is 1. The van der Waals surface area contributed by atoms with Crippen molar-refractivity contribution < 1.29 is 9.21 Å². The van der Waals surface area contributed by atoms with Crippen LogP contribution in [0.4, 0.5) is 0 Å². The summed E-state index contributed by atoms with van der Waals surface area (Å²) in [5.74, 6) is 2.53. The Morgan fingerprint density at radius 3 is 2.93 bits per heavy atom. The summed E-state index contributed by atoms with van der Waals surface area (Å²) in [5.41, 5.74) is 1.02. The first-order valence-corrected chi connectivity index (χ1v) is 9.60. The highest BCUT2D eigenvalue weighted by Crippen LogP contribution is 2.29. The van der Waals surface area contributed by atoms with Gasteiger partial charge in [0.15, 0.2) is 11.7 Å². The van der Waals surface area contributed by atoms with E-state index in [4.69, 9.17) is 4.42 Å². The minimum atomic E-state index is 0.0765. The number of rotatable bonds is 6. The van der Waals surface area contributed by atoms with E-state index in [1.807, 2.05) is 41.4 Å². The van der Waals surface area contributed by atoms with Gasteiger partial charge in [-0.1, -0.05) is 30.3 Å². The topological polar surface area (TPSA) is 75.0 Å². The van der Waals surface area contributed by atoms with Crippen LogP contribution in [0.5, 0.6) is 0 Å². The Hall–Kier alpha value is -2.89. The number of hydrogen-bond acceptors (Lipinski definition) is 4. The van der Waals surface area contributed by atoms with E-state index in [2.05, 4.69) is 15.0 Å². The van der Waals surface area contributed by atoms with Gasteiger partial charge in [-0.15, -0.1) is 0 Å². The molecule has 0 aliphatic carbocycles. The summed E-state index contributed by atoms with van der Waals surface area (Å²) in [4.78, 5) is 26.6. The normalized spacial score (nSPS) is 17.2. The zero-order chi connectivity index (χ0) is 18.5. The van der Waals surface area contributed by atoms with Gasteiger partial charge < -0.3 is 14.3 Å². The first-order chi connectivity index (χ1) is 13.3. The first-order valence-electron chi connectivity index (χ1n) is 9.60. The molecular formula is C21H24N4O2. The number of benzene rings is 1. The van der Waals surface area contributed by atoms with Crippen LogP contribution >= 0.6 is 0 Å². The molecule has 1 fully saturated rings. The molecule has 0 spiro atoms. The number of likely N-dealkylation sites (tertiary alicyclic amines) is 1. The summed E-state index contributed by atoms with van der Waals surface area (Å²) in [6, 6.07) is 10.0. The van der Waals surface area contributed by atoms with Crippen LogP contribution in [0.25, 0.3) is 11.3 Å². The van der Waals surface area contributed by atoms with E-state index in [-0.39, 0.29) is 11.9 Å². The van der Waals surface area contributed by atoms with Crippen LogP contribution in [-0.4, -0.2) is 32.3 Å². The highest BCUT2D eigenvalue weighted by atomic mass is 16.4. The number of imidazole rings is 1. The van der Waals surface area contributed by atoms with Crippen molar-refractivity contribution in [3.8, 4) is 11.3 Å². The molecule has 3 aromatic rings. The Balaban J connectivity index is 1.32. The van der Waals surface area contributed by atoms with E-state index in [0.717, 1.165) is 49.4 Å². The van der Waals surface area contributed by atoms with Gasteiger partial charge in [0, 0.05) is 37.3 Å². The lowest BCUT2D eigenvalue weighted by molar-refractivity contribution is -0.135. The maximum absolute atomic E-state index is 12.8. The zero-order valence-electron chi connectivity index (χ0n) is 15.3. The Labute approximate surface area is 158 Å². The van der Waals surface area contributed by atoms with Crippen molar-refractivity contribution >= 4 is 5.91 Å². The number of aryl methyl sites for hydroxylation is 1. The third-order valence-electron chi connectivity index (χ3n) is 5.05. The van der Waals surface area contributed by atoms with Crippen molar-refractivity contribution in [3.05, 3.63) is 60.6 Å². The predicted octanol–water partition coefficient (Wildman–Crippen LogP) is 4.14. The average Bonchev–Trinajstić information content (AvgIpc) is 3.41. The largest absolute Gasteiger partial charge is 0.441 e. The maximum atomic E-state index is 12.8. The molecule has 27 heavy (non-hydrogen) atoms. The molecule has 1 saturated heterocycles. The number of hydrogen-bond donors (Lipinski definition) is 1. The van der Waals surface area contributed by atoms with Crippen molar-refractivity contribution in [2.24, 2.45) is 0 Å². The van der Waals surface area contributed by atoms with Crippen LogP contribution < -0.4 is 0 Å². The lowest BCUT2D eigenvalue weighted by Crippen LogP contribution is -2.38. The molecular weight excluding hydrogens is 340 g/mol. The Kier molecular flexibility index (Phi) is 5.32. The lowest BCUT2D eigenvalue weighted by atomic mass is 10.0. The summed E-state index contributed by atoms with van der Waals surface area (Å²) in [6.07, 6.45) is 10.4. The molecule has 1 aliphatic heterocycles. The predicted molar refractivity (Wildman–Crippen MR) is 102 cm³/mol. The van der Waals surface area contributed by atoms with E-state index < -0.39 is 0 Å². The van der Waals surface area contributed by atoms with Crippen LogP contribution in [0.1, 0.15) is 49.9 Å². The highest BCUT2D eigenvalue weighted by molar-refractivity contribution is 5.76. The van der Waals surface area contributed by atoms with Crippen LogP contribution in [-0.2, 0) is 11.2 Å². The van der Waals surface area contributed by atoms with Crippen molar-refractivity contribution in [1.82, 2.24) is 19.9 Å². The number of amides is 1. The van der Waals surface area contributed by atoms with Crippen molar-refractivity contribution in [3.63, 3.8) is 0 Å². The number of nitrogens with one attached hydrogen (secondary N) is 1.